The maximum atomic E-state index is 11.5. The lowest BCUT2D eigenvalue weighted by atomic mass is 10.2. The van der Waals surface area contributed by atoms with Gasteiger partial charge in [-0.1, -0.05) is 6.07 Å². The maximum Gasteiger partial charge on any atom is 0.232 e. The van der Waals surface area contributed by atoms with Crippen molar-refractivity contribution >= 4 is 43.0 Å². The molecule has 6 heteroatoms. The van der Waals surface area contributed by atoms with Crippen LogP contribution in [0, 0.1) is 6.92 Å². The monoisotopic (exact) mass is 368 g/mol. The summed E-state index contributed by atoms with van der Waals surface area (Å²) in [5, 5.41) is 3.28. The van der Waals surface area contributed by atoms with Gasteiger partial charge >= 0.3 is 0 Å². The Kier molecular flexibility index (Phi) is 4.90. The molecule has 2 rings (SSSR count). The molecule has 0 unspecified atom stereocenters. The van der Waals surface area contributed by atoms with Gasteiger partial charge in [0.15, 0.2) is 0 Å². The van der Waals surface area contributed by atoms with Crippen molar-refractivity contribution in [1.29, 1.82) is 0 Å². The predicted molar refractivity (Wildman–Crippen MR) is 91.7 cm³/mol. The Hall–Kier alpha value is -1.53. The van der Waals surface area contributed by atoms with E-state index in [1.54, 1.807) is 19.1 Å². The van der Waals surface area contributed by atoms with Crippen molar-refractivity contribution in [2.45, 2.75) is 13.8 Å². The minimum absolute atomic E-state index is 0.0588. The number of rotatable bonds is 5. The molecule has 2 N–H and O–H groups in total. The van der Waals surface area contributed by atoms with Crippen LogP contribution in [0.1, 0.15) is 12.5 Å². The van der Waals surface area contributed by atoms with Crippen molar-refractivity contribution < 1.29 is 8.42 Å². The zero-order valence-corrected chi connectivity index (χ0v) is 14.3. The van der Waals surface area contributed by atoms with E-state index in [4.69, 9.17) is 0 Å². The Morgan fingerprint density at radius 1 is 1.05 bits per heavy atom. The van der Waals surface area contributed by atoms with Gasteiger partial charge in [0.05, 0.1) is 11.4 Å². The third-order valence-corrected chi connectivity index (χ3v) is 4.90. The van der Waals surface area contributed by atoms with Crippen molar-refractivity contribution in [3.05, 3.63) is 52.5 Å². The van der Waals surface area contributed by atoms with Crippen LogP contribution < -0.4 is 10.0 Å². The third-order valence-electron chi connectivity index (χ3n) is 2.94. The average molecular weight is 369 g/mol. The summed E-state index contributed by atoms with van der Waals surface area (Å²) in [6.45, 7) is 3.64. The highest BCUT2D eigenvalue weighted by atomic mass is 79.9. The average Bonchev–Trinajstić information content (AvgIpc) is 2.44. The summed E-state index contributed by atoms with van der Waals surface area (Å²) in [6, 6.07) is 13.2. The first-order chi connectivity index (χ1) is 9.89. The first-order valence-electron chi connectivity index (χ1n) is 6.53. The number of hydrogen-bond acceptors (Lipinski definition) is 3. The fourth-order valence-corrected chi connectivity index (χ4v) is 2.98. The molecule has 0 aliphatic rings. The summed E-state index contributed by atoms with van der Waals surface area (Å²) in [5.41, 5.74) is 3.59. The van der Waals surface area contributed by atoms with Crippen LogP contribution in [0.15, 0.2) is 46.9 Å². The minimum atomic E-state index is -3.23. The van der Waals surface area contributed by atoms with Crippen LogP contribution in [0.4, 0.5) is 17.1 Å². The van der Waals surface area contributed by atoms with Crippen molar-refractivity contribution in [2.75, 3.05) is 15.8 Å². The normalized spacial score (nSPS) is 11.2. The Morgan fingerprint density at radius 3 is 2.24 bits per heavy atom. The Bertz CT molecular complexity index is 728. The highest BCUT2D eigenvalue weighted by molar-refractivity contribution is 9.10. The van der Waals surface area contributed by atoms with Gasteiger partial charge in [-0.2, -0.15) is 0 Å². The van der Waals surface area contributed by atoms with Gasteiger partial charge in [-0.05, 0) is 71.7 Å². The third kappa shape index (κ3) is 4.47. The van der Waals surface area contributed by atoms with Gasteiger partial charge in [0.25, 0.3) is 0 Å². The zero-order valence-electron chi connectivity index (χ0n) is 11.9. The van der Waals surface area contributed by atoms with Gasteiger partial charge in [-0.25, -0.2) is 8.42 Å². The Balaban J connectivity index is 2.12. The Morgan fingerprint density at radius 2 is 1.67 bits per heavy atom. The molecule has 0 aromatic heterocycles. The second kappa shape index (κ2) is 6.49. The molecule has 2 aromatic carbocycles. The topological polar surface area (TPSA) is 58.2 Å². The molecule has 0 fully saturated rings. The summed E-state index contributed by atoms with van der Waals surface area (Å²) < 4.78 is 26.5. The van der Waals surface area contributed by atoms with E-state index in [1.807, 2.05) is 37.3 Å². The highest BCUT2D eigenvalue weighted by Crippen LogP contribution is 2.27. The maximum absolute atomic E-state index is 11.5. The van der Waals surface area contributed by atoms with Crippen LogP contribution in [0.5, 0.6) is 0 Å². The van der Waals surface area contributed by atoms with E-state index in [0.29, 0.717) is 5.69 Å². The van der Waals surface area contributed by atoms with Gasteiger partial charge in [0.2, 0.25) is 10.0 Å². The van der Waals surface area contributed by atoms with E-state index in [1.165, 1.54) is 5.56 Å². The number of halogens is 1. The van der Waals surface area contributed by atoms with Crippen molar-refractivity contribution in [1.82, 2.24) is 0 Å². The van der Waals surface area contributed by atoms with Gasteiger partial charge in [0, 0.05) is 15.8 Å². The van der Waals surface area contributed by atoms with E-state index in [9.17, 15) is 8.42 Å². The molecular weight excluding hydrogens is 352 g/mol. The zero-order chi connectivity index (χ0) is 15.5. The SMILES string of the molecule is CCS(=O)(=O)Nc1ccc(Nc2ccc(C)cc2Br)cc1. The lowest BCUT2D eigenvalue weighted by molar-refractivity contribution is 0.602. The van der Waals surface area contributed by atoms with Crippen molar-refractivity contribution in [3.63, 3.8) is 0 Å². The molecule has 21 heavy (non-hydrogen) atoms. The molecule has 0 bridgehead atoms. The van der Waals surface area contributed by atoms with Gasteiger partial charge in [-0.15, -0.1) is 0 Å². The summed E-state index contributed by atoms with van der Waals surface area (Å²) in [6.07, 6.45) is 0. The molecule has 4 nitrogen and oxygen atoms in total. The van der Waals surface area contributed by atoms with Gasteiger partial charge in [0.1, 0.15) is 0 Å². The van der Waals surface area contributed by atoms with Crippen molar-refractivity contribution in [2.24, 2.45) is 0 Å². The minimum Gasteiger partial charge on any atom is -0.355 e. The van der Waals surface area contributed by atoms with E-state index >= 15 is 0 Å². The molecule has 0 atom stereocenters. The largest absolute Gasteiger partial charge is 0.355 e. The van der Waals surface area contributed by atoms with E-state index in [-0.39, 0.29) is 5.75 Å². The Labute approximate surface area is 133 Å². The second-order valence-electron chi connectivity index (χ2n) is 4.69. The fraction of sp³-hybridized carbons (Fsp3) is 0.200. The molecule has 0 radical (unpaired) electrons. The molecule has 0 heterocycles. The smallest absolute Gasteiger partial charge is 0.232 e. The fourth-order valence-electron chi connectivity index (χ4n) is 1.75. The quantitative estimate of drug-likeness (QED) is 0.828. The molecule has 0 aliphatic heterocycles. The molecular formula is C15H17BrN2O2S. The molecule has 0 saturated carbocycles. The van der Waals surface area contributed by atoms with Gasteiger partial charge in [-0.3, -0.25) is 4.72 Å². The van der Waals surface area contributed by atoms with Gasteiger partial charge < -0.3 is 5.32 Å². The number of sulfonamides is 1. The lowest BCUT2D eigenvalue weighted by Crippen LogP contribution is -2.14. The number of nitrogens with one attached hydrogen (secondary N) is 2. The lowest BCUT2D eigenvalue weighted by Gasteiger charge is -2.11. The standard InChI is InChI=1S/C15H17BrN2O2S/c1-3-21(19,20)18-13-7-5-12(6-8-13)17-15-9-4-11(2)10-14(15)16/h4-10,17-18H,3H2,1-2H3. The van der Waals surface area contributed by atoms with E-state index < -0.39 is 10.0 Å². The summed E-state index contributed by atoms with van der Waals surface area (Å²) in [4.78, 5) is 0. The van der Waals surface area contributed by atoms with E-state index in [2.05, 4.69) is 26.0 Å². The van der Waals surface area contributed by atoms with Crippen LogP contribution in [-0.2, 0) is 10.0 Å². The number of anilines is 3. The number of hydrogen-bond donors (Lipinski definition) is 2. The van der Waals surface area contributed by atoms with Crippen LogP contribution in [-0.4, -0.2) is 14.2 Å². The van der Waals surface area contributed by atoms with Crippen LogP contribution >= 0.6 is 15.9 Å². The molecule has 0 spiro atoms. The molecule has 2 aromatic rings. The van der Waals surface area contributed by atoms with Crippen LogP contribution in [0.3, 0.4) is 0 Å². The first-order valence-corrected chi connectivity index (χ1v) is 8.98. The summed E-state index contributed by atoms with van der Waals surface area (Å²) in [7, 11) is -3.23. The highest BCUT2D eigenvalue weighted by Gasteiger charge is 2.06. The van der Waals surface area contributed by atoms with Crippen molar-refractivity contribution in [3.8, 4) is 0 Å². The summed E-state index contributed by atoms with van der Waals surface area (Å²) >= 11 is 3.51. The first kappa shape index (κ1) is 15.9. The molecule has 112 valence electrons. The predicted octanol–water partition coefficient (Wildman–Crippen LogP) is 4.26. The molecule has 0 saturated heterocycles. The number of benzene rings is 2. The number of aryl methyl sites for hydroxylation is 1. The molecule has 0 aliphatic carbocycles. The van der Waals surface area contributed by atoms with Crippen LogP contribution in [0.25, 0.3) is 0 Å². The molecule has 0 amide bonds. The van der Waals surface area contributed by atoms with Crippen LogP contribution in [0.2, 0.25) is 0 Å². The second-order valence-corrected chi connectivity index (χ2v) is 7.56. The van der Waals surface area contributed by atoms with E-state index in [0.717, 1.165) is 15.8 Å². The summed E-state index contributed by atoms with van der Waals surface area (Å²) in [5.74, 6) is 0.0588.